The van der Waals surface area contributed by atoms with E-state index in [1.54, 1.807) is 12.3 Å². The molecule has 1 amide bonds. The van der Waals surface area contributed by atoms with Crippen molar-refractivity contribution in [2.24, 2.45) is 5.92 Å². The second-order valence-corrected chi connectivity index (χ2v) is 12.1. The standard InChI is InChI=1S/C31H38FN3O4S/c1-19(2)12-26(35-16-22(8-9-28(35)36)15-34-11-10-24(32)17-34)31(39)33-25(14-29(37)38)23-13-27(40-18-23)30-20(3)6-5-7-21(30)4/h5-9,13,16,18-19,24-26H,10-12,14-15,17H2,1-4H3,(H,33,39)(H,37,38)/t24-,25-,26-/m1/s1. The molecule has 2 N–H and O–H groups in total. The van der Waals surface area contributed by atoms with Crippen molar-refractivity contribution in [2.75, 3.05) is 13.1 Å². The Morgan fingerprint density at radius 2 is 1.90 bits per heavy atom. The molecule has 3 aromatic rings. The number of thiophene rings is 1. The van der Waals surface area contributed by atoms with Crippen LogP contribution in [0, 0.1) is 19.8 Å². The number of benzene rings is 1. The van der Waals surface area contributed by atoms with E-state index in [-0.39, 0.29) is 17.9 Å². The number of carboxylic acids is 1. The average molecular weight is 568 g/mol. The molecule has 1 aromatic carbocycles. The maximum Gasteiger partial charge on any atom is 0.305 e. The Morgan fingerprint density at radius 3 is 2.52 bits per heavy atom. The maximum absolute atomic E-state index is 13.8. The van der Waals surface area contributed by atoms with Crippen LogP contribution in [-0.4, -0.2) is 45.7 Å². The molecule has 1 aliphatic heterocycles. The quantitative estimate of drug-likeness (QED) is 0.312. The van der Waals surface area contributed by atoms with Gasteiger partial charge in [-0.3, -0.25) is 19.3 Å². The number of aliphatic carboxylic acids is 1. The van der Waals surface area contributed by atoms with Crippen molar-refractivity contribution in [3.05, 3.63) is 80.6 Å². The molecule has 214 valence electrons. The Labute approximate surface area is 238 Å². The number of hydrogen-bond acceptors (Lipinski definition) is 5. The van der Waals surface area contributed by atoms with E-state index in [1.165, 1.54) is 22.0 Å². The second kappa shape index (κ2) is 12.9. The molecule has 1 fully saturated rings. The molecule has 0 saturated carbocycles. The molecule has 3 atom stereocenters. The van der Waals surface area contributed by atoms with Gasteiger partial charge < -0.3 is 15.0 Å². The first kappa shape index (κ1) is 29.7. The van der Waals surface area contributed by atoms with Crippen LogP contribution in [0.5, 0.6) is 0 Å². The van der Waals surface area contributed by atoms with E-state index in [0.29, 0.717) is 32.5 Å². The van der Waals surface area contributed by atoms with E-state index in [0.717, 1.165) is 32.7 Å². The lowest BCUT2D eigenvalue weighted by Crippen LogP contribution is -2.40. The van der Waals surface area contributed by atoms with Crippen molar-refractivity contribution in [3.8, 4) is 10.4 Å². The van der Waals surface area contributed by atoms with Gasteiger partial charge in [-0.05, 0) is 71.9 Å². The number of aryl methyl sites for hydroxylation is 2. The molecule has 4 rings (SSSR count). The number of aromatic nitrogens is 1. The highest BCUT2D eigenvalue weighted by molar-refractivity contribution is 7.13. The minimum Gasteiger partial charge on any atom is -0.481 e. The third-order valence-corrected chi connectivity index (χ3v) is 8.36. The van der Waals surface area contributed by atoms with E-state index in [1.807, 2.05) is 62.2 Å². The Bertz CT molecular complexity index is 1400. The van der Waals surface area contributed by atoms with Gasteiger partial charge in [0.15, 0.2) is 0 Å². The smallest absolute Gasteiger partial charge is 0.305 e. The van der Waals surface area contributed by atoms with Crippen molar-refractivity contribution in [2.45, 2.75) is 71.8 Å². The summed E-state index contributed by atoms with van der Waals surface area (Å²) in [4.78, 5) is 41.6. The number of carbonyl (C=O) groups is 2. The minimum atomic E-state index is -1.03. The van der Waals surface area contributed by atoms with E-state index in [4.69, 9.17) is 0 Å². The van der Waals surface area contributed by atoms with Crippen LogP contribution in [0.3, 0.4) is 0 Å². The lowest BCUT2D eigenvalue weighted by molar-refractivity contribution is -0.138. The molecule has 7 nitrogen and oxygen atoms in total. The van der Waals surface area contributed by atoms with Crippen molar-refractivity contribution < 1.29 is 19.1 Å². The van der Waals surface area contributed by atoms with Gasteiger partial charge in [0.1, 0.15) is 12.2 Å². The number of alkyl halides is 1. The predicted octanol–water partition coefficient (Wildman–Crippen LogP) is 5.66. The molecule has 3 heterocycles. The number of likely N-dealkylation sites (tertiary alicyclic amines) is 1. The summed E-state index contributed by atoms with van der Waals surface area (Å²) in [6.45, 7) is 9.54. The average Bonchev–Trinajstić information content (AvgIpc) is 3.52. The number of nitrogens with zero attached hydrogens (tertiary/aromatic N) is 2. The Kier molecular flexibility index (Phi) is 9.58. The van der Waals surface area contributed by atoms with Gasteiger partial charge in [0.25, 0.3) is 5.56 Å². The van der Waals surface area contributed by atoms with E-state index in [2.05, 4.69) is 5.32 Å². The van der Waals surface area contributed by atoms with Crippen LogP contribution in [-0.2, 0) is 16.1 Å². The fraction of sp³-hybridized carbons (Fsp3) is 0.452. The number of nitrogens with one attached hydrogen (secondary N) is 1. The third-order valence-electron chi connectivity index (χ3n) is 7.40. The number of hydrogen-bond donors (Lipinski definition) is 2. The number of amides is 1. The summed E-state index contributed by atoms with van der Waals surface area (Å²) in [5.41, 5.74) is 4.60. The SMILES string of the molecule is Cc1cccc(C)c1-c1cc([C@@H](CC(=O)O)NC(=O)[C@@H](CC(C)C)n2cc(CN3CC[C@@H](F)C3)ccc2=O)cs1. The maximum atomic E-state index is 13.8. The number of pyridine rings is 1. The van der Waals surface area contributed by atoms with Crippen molar-refractivity contribution in [3.63, 3.8) is 0 Å². The monoisotopic (exact) mass is 567 g/mol. The molecule has 0 spiro atoms. The van der Waals surface area contributed by atoms with Crippen LogP contribution >= 0.6 is 11.3 Å². The number of halogens is 1. The summed E-state index contributed by atoms with van der Waals surface area (Å²) in [6.07, 6.45) is 1.47. The summed E-state index contributed by atoms with van der Waals surface area (Å²) in [5, 5.41) is 14.5. The molecule has 2 aromatic heterocycles. The van der Waals surface area contributed by atoms with Crippen molar-refractivity contribution in [1.82, 2.24) is 14.8 Å². The summed E-state index contributed by atoms with van der Waals surface area (Å²) < 4.78 is 15.1. The molecule has 9 heteroatoms. The summed E-state index contributed by atoms with van der Waals surface area (Å²) in [5.74, 6) is -1.32. The zero-order valence-corrected chi connectivity index (χ0v) is 24.3. The first-order valence-electron chi connectivity index (χ1n) is 13.8. The zero-order chi connectivity index (χ0) is 29.0. The Morgan fingerprint density at radius 1 is 1.18 bits per heavy atom. The van der Waals surface area contributed by atoms with Gasteiger partial charge in [-0.1, -0.05) is 38.1 Å². The summed E-state index contributed by atoms with van der Waals surface area (Å²) in [6, 6.07) is 9.65. The van der Waals surface area contributed by atoms with Crippen LogP contribution in [0.2, 0.25) is 0 Å². The van der Waals surface area contributed by atoms with Crippen LogP contribution in [0.1, 0.15) is 67.4 Å². The van der Waals surface area contributed by atoms with E-state index in [9.17, 15) is 23.9 Å². The first-order valence-corrected chi connectivity index (χ1v) is 14.6. The molecule has 0 bridgehead atoms. The van der Waals surface area contributed by atoms with Crippen LogP contribution < -0.4 is 10.9 Å². The fourth-order valence-electron chi connectivity index (χ4n) is 5.43. The topological polar surface area (TPSA) is 91.6 Å². The van der Waals surface area contributed by atoms with Gasteiger partial charge in [-0.2, -0.15) is 0 Å². The van der Waals surface area contributed by atoms with Crippen LogP contribution in [0.15, 0.2) is 52.8 Å². The zero-order valence-electron chi connectivity index (χ0n) is 23.5. The molecular formula is C31H38FN3O4S. The van der Waals surface area contributed by atoms with Gasteiger partial charge in [0, 0.05) is 36.8 Å². The Balaban J connectivity index is 1.61. The molecule has 0 aliphatic carbocycles. The molecule has 40 heavy (non-hydrogen) atoms. The van der Waals surface area contributed by atoms with Crippen LogP contribution in [0.4, 0.5) is 4.39 Å². The highest BCUT2D eigenvalue weighted by Crippen LogP contribution is 2.35. The van der Waals surface area contributed by atoms with Gasteiger partial charge in [-0.15, -0.1) is 11.3 Å². The van der Waals surface area contributed by atoms with Gasteiger partial charge in [-0.25, -0.2) is 4.39 Å². The van der Waals surface area contributed by atoms with E-state index < -0.39 is 30.1 Å². The number of carboxylic acid groups (broad SMARTS) is 1. The molecule has 1 aliphatic rings. The lowest BCUT2D eigenvalue weighted by atomic mass is 9.98. The lowest BCUT2D eigenvalue weighted by Gasteiger charge is -2.25. The second-order valence-electron chi connectivity index (χ2n) is 11.2. The largest absolute Gasteiger partial charge is 0.481 e. The van der Waals surface area contributed by atoms with E-state index >= 15 is 0 Å². The van der Waals surface area contributed by atoms with Crippen LogP contribution in [0.25, 0.3) is 10.4 Å². The number of rotatable bonds is 11. The van der Waals surface area contributed by atoms with Gasteiger partial charge in [0.05, 0.1) is 12.5 Å². The summed E-state index contributed by atoms with van der Waals surface area (Å²) in [7, 11) is 0. The summed E-state index contributed by atoms with van der Waals surface area (Å²) >= 11 is 1.52. The predicted molar refractivity (Wildman–Crippen MR) is 156 cm³/mol. The first-order chi connectivity index (χ1) is 19.0. The molecule has 1 saturated heterocycles. The molecular weight excluding hydrogens is 529 g/mol. The highest BCUT2D eigenvalue weighted by atomic mass is 32.1. The normalized spacial score (nSPS) is 17.2. The van der Waals surface area contributed by atoms with Crippen molar-refractivity contribution in [1.29, 1.82) is 0 Å². The fourth-order valence-corrected chi connectivity index (χ4v) is 6.57. The minimum absolute atomic E-state index is 0.104. The molecule has 0 radical (unpaired) electrons. The number of carbonyl (C=O) groups excluding carboxylic acids is 1. The van der Waals surface area contributed by atoms with Gasteiger partial charge in [0.2, 0.25) is 5.91 Å². The van der Waals surface area contributed by atoms with Gasteiger partial charge >= 0.3 is 5.97 Å². The Hall–Kier alpha value is -3.30. The highest BCUT2D eigenvalue weighted by Gasteiger charge is 2.28. The third kappa shape index (κ3) is 7.26. The van der Waals surface area contributed by atoms with Crippen molar-refractivity contribution >= 4 is 23.2 Å². The molecule has 0 unspecified atom stereocenters.